The number of anilines is 1. The van der Waals surface area contributed by atoms with Crippen LogP contribution < -0.4 is 10.1 Å². The molecule has 19 heavy (non-hydrogen) atoms. The van der Waals surface area contributed by atoms with E-state index in [1.165, 1.54) is 0 Å². The molecule has 0 saturated carbocycles. The van der Waals surface area contributed by atoms with Gasteiger partial charge in [0.05, 0.1) is 0 Å². The summed E-state index contributed by atoms with van der Waals surface area (Å²) in [5, 5.41) is 3.06. The van der Waals surface area contributed by atoms with Crippen LogP contribution in [-0.2, 0) is 0 Å². The third-order valence-electron chi connectivity index (χ3n) is 2.07. The summed E-state index contributed by atoms with van der Waals surface area (Å²) in [6.45, 7) is 8.54. The Morgan fingerprint density at radius 1 is 1.26 bits per heavy atom. The fraction of sp³-hybridized carbons (Fsp3) is 0.500. The zero-order chi connectivity index (χ0) is 13.9. The summed E-state index contributed by atoms with van der Waals surface area (Å²) in [6, 6.07) is 0.294. The predicted octanol–water partition coefficient (Wildman–Crippen LogP) is 1.67. The van der Waals surface area contributed by atoms with Crippen molar-refractivity contribution in [1.29, 1.82) is 0 Å². The number of hydrogen-bond donors (Lipinski definition) is 1. The van der Waals surface area contributed by atoms with E-state index in [1.807, 2.05) is 27.7 Å². The van der Waals surface area contributed by atoms with Crippen molar-refractivity contribution >= 4 is 5.95 Å². The summed E-state index contributed by atoms with van der Waals surface area (Å²) >= 11 is 0. The van der Waals surface area contributed by atoms with Gasteiger partial charge in [-0.05, 0) is 27.7 Å². The van der Waals surface area contributed by atoms with Gasteiger partial charge in [0.1, 0.15) is 11.9 Å². The van der Waals surface area contributed by atoms with E-state index in [-0.39, 0.29) is 5.60 Å². The molecule has 7 nitrogen and oxygen atoms in total. The molecular weight excluding hydrogens is 244 g/mol. The molecule has 0 fully saturated rings. The third-order valence-corrected chi connectivity index (χ3v) is 2.07. The number of nitrogens with one attached hydrogen (secondary N) is 1. The highest BCUT2D eigenvalue weighted by Gasteiger charge is 2.16. The van der Waals surface area contributed by atoms with Gasteiger partial charge in [0.2, 0.25) is 11.9 Å². The Morgan fingerprint density at radius 2 is 2.05 bits per heavy atom. The maximum Gasteiger partial charge on any atom is 0.323 e. The molecule has 0 radical (unpaired) electrons. The summed E-state index contributed by atoms with van der Waals surface area (Å²) in [6.07, 6.45) is 5.07. The van der Waals surface area contributed by atoms with Crippen molar-refractivity contribution in [3.63, 3.8) is 0 Å². The van der Waals surface area contributed by atoms with E-state index < -0.39 is 0 Å². The molecule has 0 bridgehead atoms. The number of nitrogens with zero attached hydrogens (tertiary/aromatic N) is 5. The van der Waals surface area contributed by atoms with Crippen molar-refractivity contribution in [3.8, 4) is 12.0 Å². The lowest BCUT2D eigenvalue weighted by Gasteiger charge is -2.19. The van der Waals surface area contributed by atoms with E-state index >= 15 is 0 Å². The molecule has 102 valence electrons. The second-order valence-corrected chi connectivity index (χ2v) is 4.96. The Balaban J connectivity index is 2.38. The maximum atomic E-state index is 5.69. The third kappa shape index (κ3) is 3.64. The number of rotatable bonds is 4. The lowest BCUT2D eigenvalue weighted by molar-refractivity contribution is 0.116. The van der Waals surface area contributed by atoms with E-state index in [4.69, 9.17) is 4.74 Å². The molecule has 2 rings (SSSR count). The van der Waals surface area contributed by atoms with Gasteiger partial charge in [-0.15, -0.1) is 0 Å². The molecule has 0 spiro atoms. The first-order valence-electron chi connectivity index (χ1n) is 6.15. The fourth-order valence-electron chi connectivity index (χ4n) is 1.40. The summed E-state index contributed by atoms with van der Waals surface area (Å²) in [5.74, 6) is 0.961. The highest BCUT2D eigenvalue weighted by molar-refractivity contribution is 5.30. The van der Waals surface area contributed by atoms with Crippen LogP contribution in [0.25, 0.3) is 5.95 Å². The highest BCUT2D eigenvalue weighted by atomic mass is 16.5. The minimum atomic E-state index is -0.364. The maximum absolute atomic E-state index is 5.69. The van der Waals surface area contributed by atoms with Crippen LogP contribution in [0.2, 0.25) is 0 Å². The van der Waals surface area contributed by atoms with Gasteiger partial charge in [0.15, 0.2) is 0 Å². The molecule has 0 aromatic carbocycles. The SMILES string of the molecule is CCNc1nc(OC(C)(C)C)nc(-n2ccnc2)n1. The minimum absolute atomic E-state index is 0.294. The predicted molar refractivity (Wildman–Crippen MR) is 71.5 cm³/mol. The molecule has 2 aromatic rings. The van der Waals surface area contributed by atoms with Crippen LogP contribution >= 0.6 is 0 Å². The number of imidazole rings is 1. The van der Waals surface area contributed by atoms with Gasteiger partial charge >= 0.3 is 6.01 Å². The quantitative estimate of drug-likeness (QED) is 0.903. The van der Waals surface area contributed by atoms with E-state index in [1.54, 1.807) is 23.3 Å². The molecule has 1 N–H and O–H groups in total. The molecule has 0 amide bonds. The second-order valence-electron chi connectivity index (χ2n) is 4.96. The molecule has 0 aliphatic heterocycles. The first-order chi connectivity index (χ1) is 8.98. The Morgan fingerprint density at radius 3 is 2.63 bits per heavy atom. The van der Waals surface area contributed by atoms with E-state index in [0.717, 1.165) is 6.54 Å². The molecule has 2 aromatic heterocycles. The van der Waals surface area contributed by atoms with Gasteiger partial charge in [-0.1, -0.05) is 0 Å². The van der Waals surface area contributed by atoms with E-state index in [9.17, 15) is 0 Å². The van der Waals surface area contributed by atoms with Gasteiger partial charge < -0.3 is 10.1 Å². The largest absolute Gasteiger partial charge is 0.458 e. The van der Waals surface area contributed by atoms with E-state index in [2.05, 4.69) is 25.3 Å². The first-order valence-corrected chi connectivity index (χ1v) is 6.15. The van der Waals surface area contributed by atoms with Gasteiger partial charge in [0.25, 0.3) is 0 Å². The van der Waals surface area contributed by atoms with Crippen molar-refractivity contribution in [2.24, 2.45) is 0 Å². The summed E-state index contributed by atoms with van der Waals surface area (Å²) in [7, 11) is 0. The van der Waals surface area contributed by atoms with Crippen molar-refractivity contribution in [2.75, 3.05) is 11.9 Å². The normalized spacial score (nSPS) is 11.4. The van der Waals surface area contributed by atoms with Crippen LogP contribution in [0.5, 0.6) is 6.01 Å². The molecule has 0 aliphatic carbocycles. The topological polar surface area (TPSA) is 77.8 Å². The van der Waals surface area contributed by atoms with Gasteiger partial charge in [-0.2, -0.15) is 15.0 Å². The monoisotopic (exact) mass is 262 g/mol. The second kappa shape index (κ2) is 5.21. The van der Waals surface area contributed by atoms with Crippen LogP contribution in [0.4, 0.5) is 5.95 Å². The van der Waals surface area contributed by atoms with Gasteiger partial charge in [-0.25, -0.2) is 4.98 Å². The summed E-state index contributed by atoms with van der Waals surface area (Å²) in [5.41, 5.74) is -0.364. The standard InChI is InChI=1S/C12H18N6O/c1-5-14-9-15-10(18-7-6-13-8-18)17-11(16-9)19-12(2,3)4/h6-8H,5H2,1-4H3,(H,14,15,16,17). The van der Waals surface area contributed by atoms with Crippen molar-refractivity contribution in [2.45, 2.75) is 33.3 Å². The van der Waals surface area contributed by atoms with Crippen LogP contribution in [0.1, 0.15) is 27.7 Å². The number of ether oxygens (including phenoxy) is 1. The zero-order valence-electron chi connectivity index (χ0n) is 11.6. The first kappa shape index (κ1) is 13.3. The molecule has 2 heterocycles. The van der Waals surface area contributed by atoms with Crippen LogP contribution in [0.15, 0.2) is 18.7 Å². The molecule has 0 saturated heterocycles. The number of aromatic nitrogens is 5. The van der Waals surface area contributed by atoms with Crippen LogP contribution in [-0.4, -0.2) is 36.6 Å². The average molecular weight is 262 g/mol. The Hall–Kier alpha value is -2.18. The summed E-state index contributed by atoms with van der Waals surface area (Å²) in [4.78, 5) is 16.8. The van der Waals surface area contributed by atoms with Crippen molar-refractivity contribution in [3.05, 3.63) is 18.7 Å². The fourth-order valence-corrected chi connectivity index (χ4v) is 1.40. The number of hydrogen-bond acceptors (Lipinski definition) is 6. The van der Waals surface area contributed by atoms with Crippen LogP contribution in [0, 0.1) is 0 Å². The lowest BCUT2D eigenvalue weighted by Crippen LogP contribution is -2.25. The van der Waals surface area contributed by atoms with Gasteiger partial charge in [0, 0.05) is 18.9 Å². The van der Waals surface area contributed by atoms with Crippen molar-refractivity contribution in [1.82, 2.24) is 24.5 Å². The molecule has 0 atom stereocenters. The average Bonchev–Trinajstić information content (AvgIpc) is 2.79. The Labute approximate surface area is 112 Å². The zero-order valence-corrected chi connectivity index (χ0v) is 11.6. The van der Waals surface area contributed by atoms with Gasteiger partial charge in [-0.3, -0.25) is 4.57 Å². The summed E-state index contributed by atoms with van der Waals surface area (Å²) < 4.78 is 7.40. The van der Waals surface area contributed by atoms with Crippen molar-refractivity contribution < 1.29 is 4.74 Å². The molecule has 0 unspecified atom stereocenters. The Bertz CT molecular complexity index is 532. The highest BCUT2D eigenvalue weighted by Crippen LogP contribution is 2.16. The molecule has 7 heteroatoms. The smallest absolute Gasteiger partial charge is 0.323 e. The van der Waals surface area contributed by atoms with Crippen LogP contribution in [0.3, 0.4) is 0 Å². The molecular formula is C12H18N6O. The van der Waals surface area contributed by atoms with E-state index in [0.29, 0.717) is 17.9 Å². The minimum Gasteiger partial charge on any atom is -0.458 e. The lowest BCUT2D eigenvalue weighted by atomic mass is 10.2. The molecule has 0 aliphatic rings. The Kier molecular flexibility index (Phi) is 3.64.